The molecule has 3 aromatic rings. The molecule has 0 bridgehead atoms. The molecule has 1 fully saturated rings. The Kier molecular flexibility index (Phi) is 5.78. The third-order valence-electron chi connectivity index (χ3n) is 5.23. The number of amides is 2. The SMILES string of the molecule is CC(C)(C)OC(=O)N1CCCC(Oc2ccc(-c3nc4cc(C(N)=O)ccc4[nH]3)cc2)C1. The second kappa shape index (κ2) is 8.53. The summed E-state index contributed by atoms with van der Waals surface area (Å²) in [5, 5.41) is 0. The van der Waals surface area contributed by atoms with Gasteiger partial charge in [-0.2, -0.15) is 0 Å². The predicted octanol–water partition coefficient (Wildman–Crippen LogP) is 4.11. The molecule has 0 saturated carbocycles. The van der Waals surface area contributed by atoms with Crippen LogP contribution in [0, 0.1) is 0 Å². The number of hydrogen-bond donors (Lipinski definition) is 2. The quantitative estimate of drug-likeness (QED) is 0.639. The number of likely N-dealkylation sites (tertiary alicyclic amines) is 1. The van der Waals surface area contributed by atoms with Crippen molar-refractivity contribution in [2.45, 2.75) is 45.3 Å². The van der Waals surface area contributed by atoms with E-state index >= 15 is 0 Å². The minimum absolute atomic E-state index is 0.0828. The smallest absolute Gasteiger partial charge is 0.410 e. The van der Waals surface area contributed by atoms with E-state index in [0.29, 0.717) is 30.0 Å². The van der Waals surface area contributed by atoms with Crippen molar-refractivity contribution in [3.8, 4) is 17.1 Å². The van der Waals surface area contributed by atoms with E-state index < -0.39 is 11.5 Å². The van der Waals surface area contributed by atoms with E-state index in [1.807, 2.05) is 45.0 Å². The fraction of sp³-hybridized carbons (Fsp3) is 0.375. The minimum Gasteiger partial charge on any atom is -0.489 e. The first-order valence-corrected chi connectivity index (χ1v) is 10.7. The van der Waals surface area contributed by atoms with E-state index in [1.54, 1.807) is 23.1 Å². The second-order valence-electron chi connectivity index (χ2n) is 9.01. The van der Waals surface area contributed by atoms with Crippen LogP contribution >= 0.6 is 0 Å². The molecule has 1 aliphatic rings. The van der Waals surface area contributed by atoms with Gasteiger partial charge in [0.25, 0.3) is 0 Å². The van der Waals surface area contributed by atoms with Gasteiger partial charge in [0.1, 0.15) is 23.3 Å². The number of nitrogens with one attached hydrogen (secondary N) is 1. The Morgan fingerprint density at radius 2 is 1.91 bits per heavy atom. The van der Waals surface area contributed by atoms with Gasteiger partial charge < -0.3 is 25.1 Å². The molecule has 8 heteroatoms. The molecule has 4 rings (SSSR count). The Morgan fingerprint density at radius 3 is 2.59 bits per heavy atom. The fourth-order valence-electron chi connectivity index (χ4n) is 3.71. The summed E-state index contributed by atoms with van der Waals surface area (Å²) >= 11 is 0. The molecule has 8 nitrogen and oxygen atoms in total. The molecule has 2 aromatic carbocycles. The van der Waals surface area contributed by atoms with Gasteiger partial charge >= 0.3 is 6.09 Å². The van der Waals surface area contributed by atoms with Crippen molar-refractivity contribution < 1.29 is 19.1 Å². The summed E-state index contributed by atoms with van der Waals surface area (Å²) in [6.45, 7) is 6.77. The fourth-order valence-corrected chi connectivity index (χ4v) is 3.71. The topological polar surface area (TPSA) is 111 Å². The number of carbonyl (C=O) groups excluding carboxylic acids is 2. The molecule has 1 unspecified atom stereocenters. The summed E-state index contributed by atoms with van der Waals surface area (Å²) < 4.78 is 11.6. The lowest BCUT2D eigenvalue weighted by Gasteiger charge is -2.34. The van der Waals surface area contributed by atoms with Gasteiger partial charge in [-0.3, -0.25) is 4.79 Å². The monoisotopic (exact) mass is 436 g/mol. The van der Waals surface area contributed by atoms with E-state index in [2.05, 4.69) is 9.97 Å². The molecule has 0 spiro atoms. The number of aromatic nitrogens is 2. The highest BCUT2D eigenvalue weighted by atomic mass is 16.6. The maximum atomic E-state index is 12.4. The van der Waals surface area contributed by atoms with Gasteiger partial charge in [0, 0.05) is 17.7 Å². The Bertz CT molecular complexity index is 1130. The molecule has 168 valence electrons. The van der Waals surface area contributed by atoms with E-state index in [1.165, 1.54) is 0 Å². The number of fused-ring (bicyclic) bond motifs is 1. The van der Waals surface area contributed by atoms with Gasteiger partial charge in [-0.1, -0.05) is 0 Å². The van der Waals surface area contributed by atoms with Gasteiger partial charge in [0.2, 0.25) is 5.91 Å². The van der Waals surface area contributed by atoms with Crippen molar-refractivity contribution in [1.29, 1.82) is 0 Å². The van der Waals surface area contributed by atoms with E-state index in [0.717, 1.165) is 29.7 Å². The van der Waals surface area contributed by atoms with Crippen LogP contribution in [0.1, 0.15) is 44.0 Å². The zero-order valence-electron chi connectivity index (χ0n) is 18.6. The summed E-state index contributed by atoms with van der Waals surface area (Å²) in [7, 11) is 0. The van der Waals surface area contributed by atoms with E-state index in [4.69, 9.17) is 15.2 Å². The van der Waals surface area contributed by atoms with Crippen LogP contribution in [0.2, 0.25) is 0 Å². The number of carbonyl (C=O) groups is 2. The third kappa shape index (κ3) is 5.01. The molecular weight excluding hydrogens is 408 g/mol. The number of piperidine rings is 1. The molecule has 1 aliphatic heterocycles. The predicted molar refractivity (Wildman–Crippen MR) is 122 cm³/mol. The second-order valence-corrected chi connectivity index (χ2v) is 9.01. The highest BCUT2D eigenvalue weighted by Gasteiger charge is 2.28. The maximum Gasteiger partial charge on any atom is 0.410 e. The highest BCUT2D eigenvalue weighted by molar-refractivity contribution is 5.96. The number of rotatable bonds is 4. The van der Waals surface area contributed by atoms with Crippen LogP contribution in [0.3, 0.4) is 0 Å². The number of hydrogen-bond acceptors (Lipinski definition) is 5. The number of benzene rings is 2. The van der Waals surface area contributed by atoms with Crippen LogP contribution in [0.15, 0.2) is 42.5 Å². The molecule has 0 aliphatic carbocycles. The average Bonchev–Trinajstić information content (AvgIpc) is 3.16. The summed E-state index contributed by atoms with van der Waals surface area (Å²) in [4.78, 5) is 33.3. The number of aromatic amines is 1. The molecule has 1 aromatic heterocycles. The number of imidazole rings is 1. The highest BCUT2D eigenvalue weighted by Crippen LogP contribution is 2.25. The van der Waals surface area contributed by atoms with Crippen LogP contribution in [0.25, 0.3) is 22.4 Å². The average molecular weight is 437 g/mol. The number of nitrogens with zero attached hydrogens (tertiary/aromatic N) is 2. The summed E-state index contributed by atoms with van der Waals surface area (Å²) in [5.41, 5.74) is 7.66. The Labute approximate surface area is 186 Å². The van der Waals surface area contributed by atoms with E-state index in [9.17, 15) is 9.59 Å². The molecule has 2 amide bonds. The van der Waals surface area contributed by atoms with Gasteiger partial charge in [-0.25, -0.2) is 9.78 Å². The van der Waals surface area contributed by atoms with Crippen LogP contribution in [0.5, 0.6) is 5.75 Å². The van der Waals surface area contributed by atoms with Gasteiger partial charge in [-0.05, 0) is 76.1 Å². The van der Waals surface area contributed by atoms with Crippen LogP contribution in [0.4, 0.5) is 4.79 Å². The number of ether oxygens (including phenoxy) is 2. The van der Waals surface area contributed by atoms with Crippen molar-refractivity contribution in [2.75, 3.05) is 13.1 Å². The Hall–Kier alpha value is -3.55. The lowest BCUT2D eigenvalue weighted by molar-refractivity contribution is 0.00775. The van der Waals surface area contributed by atoms with Crippen molar-refractivity contribution in [1.82, 2.24) is 14.9 Å². The Morgan fingerprint density at radius 1 is 1.16 bits per heavy atom. The first-order valence-electron chi connectivity index (χ1n) is 10.7. The molecule has 0 radical (unpaired) electrons. The van der Waals surface area contributed by atoms with Crippen molar-refractivity contribution >= 4 is 23.0 Å². The maximum absolute atomic E-state index is 12.4. The Balaban J connectivity index is 1.42. The number of H-pyrrole nitrogens is 1. The molecule has 32 heavy (non-hydrogen) atoms. The van der Waals surface area contributed by atoms with Crippen LogP contribution < -0.4 is 10.5 Å². The molecule has 1 saturated heterocycles. The summed E-state index contributed by atoms with van der Waals surface area (Å²) in [6, 6.07) is 12.8. The largest absolute Gasteiger partial charge is 0.489 e. The van der Waals surface area contributed by atoms with Crippen LogP contribution in [-0.2, 0) is 4.74 Å². The van der Waals surface area contributed by atoms with Gasteiger partial charge in [0.05, 0.1) is 17.6 Å². The first-order chi connectivity index (χ1) is 15.2. The molecule has 1 atom stereocenters. The van der Waals surface area contributed by atoms with Crippen molar-refractivity contribution in [3.05, 3.63) is 48.0 Å². The normalized spacial score (nSPS) is 16.7. The van der Waals surface area contributed by atoms with Crippen molar-refractivity contribution in [3.63, 3.8) is 0 Å². The summed E-state index contributed by atoms with van der Waals surface area (Å²) in [6.07, 6.45) is 1.37. The lowest BCUT2D eigenvalue weighted by Crippen LogP contribution is -2.46. The van der Waals surface area contributed by atoms with Gasteiger partial charge in [-0.15, -0.1) is 0 Å². The third-order valence-corrected chi connectivity index (χ3v) is 5.23. The summed E-state index contributed by atoms with van der Waals surface area (Å²) in [5.74, 6) is 0.949. The standard InChI is InChI=1S/C24H28N4O4/c1-24(2,3)32-23(30)28-12-4-5-18(14-28)31-17-9-6-15(7-10-17)22-26-19-11-8-16(21(25)29)13-20(19)27-22/h6-11,13,18H,4-5,12,14H2,1-3H3,(H2,25,29)(H,26,27). The molecular formula is C24H28N4O4. The lowest BCUT2D eigenvalue weighted by atomic mass is 10.1. The zero-order valence-corrected chi connectivity index (χ0v) is 18.6. The number of primary amides is 1. The van der Waals surface area contributed by atoms with Crippen molar-refractivity contribution in [2.24, 2.45) is 5.73 Å². The molecule has 3 N–H and O–H groups in total. The van der Waals surface area contributed by atoms with E-state index in [-0.39, 0.29) is 12.2 Å². The number of nitrogens with two attached hydrogens (primary N) is 1. The molecule has 2 heterocycles. The first kappa shape index (κ1) is 21.7. The van der Waals surface area contributed by atoms with Crippen LogP contribution in [-0.4, -0.2) is 51.7 Å². The minimum atomic E-state index is -0.515. The zero-order chi connectivity index (χ0) is 22.9. The van der Waals surface area contributed by atoms with Gasteiger partial charge in [0.15, 0.2) is 0 Å².